The van der Waals surface area contributed by atoms with Crippen LogP contribution in [0.15, 0.2) is 45.9 Å². The summed E-state index contributed by atoms with van der Waals surface area (Å²) in [7, 11) is 0. The van der Waals surface area contributed by atoms with E-state index in [4.69, 9.17) is 43.5 Å². The van der Waals surface area contributed by atoms with Crippen molar-refractivity contribution in [3.8, 4) is 23.8 Å². The molecule has 0 saturated carbocycles. The molecule has 0 unspecified atom stereocenters. The predicted molar refractivity (Wildman–Crippen MR) is 113 cm³/mol. The number of carbonyl (C=O) groups is 1. The minimum Gasteiger partial charge on any atom is -0.494 e. The molecular formula is C21H16Cl2N2O4. The Balaban J connectivity index is 1.69. The molecule has 3 aromatic rings. The highest BCUT2D eigenvalue weighted by Crippen LogP contribution is 2.33. The van der Waals surface area contributed by atoms with Gasteiger partial charge in [0, 0.05) is 5.39 Å². The molecule has 0 radical (unpaired) electrons. The zero-order valence-corrected chi connectivity index (χ0v) is 16.9. The first-order valence-electron chi connectivity index (χ1n) is 8.57. The summed E-state index contributed by atoms with van der Waals surface area (Å²) < 4.78 is 16.3. The van der Waals surface area contributed by atoms with Crippen LogP contribution in [0.3, 0.4) is 0 Å². The van der Waals surface area contributed by atoms with Crippen LogP contribution in [0.1, 0.15) is 23.0 Å². The van der Waals surface area contributed by atoms with Crippen LogP contribution in [0.4, 0.5) is 0 Å². The molecule has 1 amide bonds. The van der Waals surface area contributed by atoms with Gasteiger partial charge in [-0.25, -0.2) is 5.43 Å². The largest absolute Gasteiger partial charge is 0.494 e. The Bertz CT molecular complexity index is 1090. The van der Waals surface area contributed by atoms with Gasteiger partial charge in [-0.15, -0.1) is 6.42 Å². The number of nitrogens with one attached hydrogen (secondary N) is 1. The van der Waals surface area contributed by atoms with E-state index in [0.29, 0.717) is 29.3 Å². The molecule has 0 atom stereocenters. The van der Waals surface area contributed by atoms with Gasteiger partial charge in [-0.1, -0.05) is 29.1 Å². The van der Waals surface area contributed by atoms with Crippen molar-refractivity contribution in [2.75, 3.05) is 13.2 Å². The number of hydrazone groups is 1. The number of hydrogen-bond donors (Lipinski definition) is 1. The van der Waals surface area contributed by atoms with Gasteiger partial charge in [0.25, 0.3) is 0 Å². The SMILES string of the molecule is C#CCOc1c(Cl)cc(/C=N/NC(=O)c2cc3cc(OCC)ccc3o2)cc1Cl. The Kier molecular flexibility index (Phi) is 6.65. The molecule has 0 aliphatic rings. The maximum atomic E-state index is 12.3. The number of ether oxygens (including phenoxy) is 2. The Morgan fingerprint density at radius 1 is 1.24 bits per heavy atom. The summed E-state index contributed by atoms with van der Waals surface area (Å²) in [5.41, 5.74) is 3.54. The fraction of sp³-hybridized carbons (Fsp3) is 0.143. The Morgan fingerprint density at radius 2 is 2.00 bits per heavy atom. The molecule has 0 aliphatic heterocycles. The monoisotopic (exact) mass is 430 g/mol. The van der Waals surface area contributed by atoms with E-state index in [1.165, 1.54) is 6.21 Å². The van der Waals surface area contributed by atoms with Gasteiger partial charge < -0.3 is 13.9 Å². The van der Waals surface area contributed by atoms with Crippen molar-refractivity contribution in [2.45, 2.75) is 6.92 Å². The van der Waals surface area contributed by atoms with Crippen LogP contribution in [0.25, 0.3) is 11.0 Å². The molecule has 2 aromatic carbocycles. The highest BCUT2D eigenvalue weighted by Gasteiger charge is 2.13. The lowest BCUT2D eigenvalue weighted by Gasteiger charge is -2.08. The summed E-state index contributed by atoms with van der Waals surface area (Å²) >= 11 is 12.3. The Hall–Kier alpha value is -3.14. The predicted octanol–water partition coefficient (Wildman–Crippen LogP) is 4.91. The van der Waals surface area contributed by atoms with Gasteiger partial charge in [-0.2, -0.15) is 5.10 Å². The first kappa shape index (κ1) is 20.6. The molecule has 0 spiro atoms. The summed E-state index contributed by atoms with van der Waals surface area (Å²) in [6.07, 6.45) is 6.56. The molecule has 0 saturated heterocycles. The van der Waals surface area contributed by atoms with E-state index in [0.717, 1.165) is 5.39 Å². The third-order valence-electron chi connectivity index (χ3n) is 3.72. The van der Waals surface area contributed by atoms with E-state index in [1.807, 2.05) is 6.92 Å². The van der Waals surface area contributed by atoms with Gasteiger partial charge in [0.2, 0.25) is 0 Å². The molecular weight excluding hydrogens is 415 g/mol. The lowest BCUT2D eigenvalue weighted by atomic mass is 10.2. The molecule has 1 aromatic heterocycles. The number of nitrogens with zero attached hydrogens (tertiary/aromatic N) is 1. The van der Waals surface area contributed by atoms with E-state index < -0.39 is 5.91 Å². The molecule has 29 heavy (non-hydrogen) atoms. The number of carbonyl (C=O) groups excluding carboxylic acids is 1. The first-order chi connectivity index (χ1) is 14.0. The molecule has 148 valence electrons. The standard InChI is InChI=1S/C21H16Cl2N2O4/c1-3-7-28-20-16(22)8-13(9-17(20)23)12-24-25-21(26)19-11-14-10-15(27-4-2)5-6-18(14)29-19/h1,5-6,8-12H,4,7H2,2H3,(H,25,26)/b24-12+. The average molecular weight is 431 g/mol. The number of terminal acetylenes is 1. The highest BCUT2D eigenvalue weighted by atomic mass is 35.5. The van der Waals surface area contributed by atoms with E-state index in [1.54, 1.807) is 36.4 Å². The highest BCUT2D eigenvalue weighted by molar-refractivity contribution is 6.37. The van der Waals surface area contributed by atoms with Crippen molar-refractivity contribution in [3.05, 3.63) is 57.8 Å². The van der Waals surface area contributed by atoms with E-state index >= 15 is 0 Å². The smallest absolute Gasteiger partial charge is 0.307 e. The molecule has 8 heteroatoms. The minimum absolute atomic E-state index is 0.0481. The molecule has 1 N–H and O–H groups in total. The molecule has 1 heterocycles. The second-order valence-corrected chi connectivity index (χ2v) is 6.56. The maximum absolute atomic E-state index is 12.3. The summed E-state index contributed by atoms with van der Waals surface area (Å²) in [4.78, 5) is 12.3. The quantitative estimate of drug-likeness (QED) is 0.328. The third kappa shape index (κ3) is 5.02. The van der Waals surface area contributed by atoms with Crippen molar-refractivity contribution in [1.82, 2.24) is 5.43 Å². The number of benzene rings is 2. The normalized spacial score (nSPS) is 10.8. The number of hydrogen-bond acceptors (Lipinski definition) is 5. The van der Waals surface area contributed by atoms with Crippen molar-refractivity contribution in [3.63, 3.8) is 0 Å². The van der Waals surface area contributed by atoms with E-state index in [2.05, 4.69) is 16.4 Å². The number of halogens is 2. The van der Waals surface area contributed by atoms with Gasteiger partial charge in [-0.3, -0.25) is 4.79 Å². The lowest BCUT2D eigenvalue weighted by molar-refractivity contribution is 0.0929. The third-order valence-corrected chi connectivity index (χ3v) is 4.28. The number of fused-ring (bicyclic) bond motifs is 1. The van der Waals surface area contributed by atoms with Crippen LogP contribution < -0.4 is 14.9 Å². The number of rotatable bonds is 7. The zero-order valence-electron chi connectivity index (χ0n) is 15.4. The summed E-state index contributed by atoms with van der Waals surface area (Å²) in [6, 6.07) is 10.1. The van der Waals surface area contributed by atoms with E-state index in [9.17, 15) is 4.79 Å². The molecule has 0 fully saturated rings. The second kappa shape index (κ2) is 9.37. The van der Waals surface area contributed by atoms with Gasteiger partial charge in [0.15, 0.2) is 11.5 Å². The van der Waals surface area contributed by atoms with Gasteiger partial charge in [0.05, 0.1) is 22.9 Å². The van der Waals surface area contributed by atoms with Gasteiger partial charge in [0.1, 0.15) is 17.9 Å². The summed E-state index contributed by atoms with van der Waals surface area (Å²) in [6.45, 7) is 2.50. The molecule has 0 aliphatic carbocycles. The van der Waals surface area contributed by atoms with Crippen molar-refractivity contribution in [2.24, 2.45) is 5.10 Å². The van der Waals surface area contributed by atoms with Crippen molar-refractivity contribution in [1.29, 1.82) is 0 Å². The minimum atomic E-state index is -0.499. The van der Waals surface area contributed by atoms with Crippen LogP contribution in [0.5, 0.6) is 11.5 Å². The lowest BCUT2D eigenvalue weighted by Crippen LogP contribution is -2.16. The van der Waals surface area contributed by atoms with Crippen LogP contribution in [0, 0.1) is 12.3 Å². The van der Waals surface area contributed by atoms with Crippen LogP contribution in [-0.2, 0) is 0 Å². The fourth-order valence-corrected chi connectivity index (χ4v) is 3.13. The van der Waals surface area contributed by atoms with Crippen molar-refractivity contribution < 1.29 is 18.7 Å². The fourth-order valence-electron chi connectivity index (χ4n) is 2.52. The average Bonchev–Trinajstić information content (AvgIpc) is 3.11. The van der Waals surface area contributed by atoms with E-state index in [-0.39, 0.29) is 22.4 Å². The van der Waals surface area contributed by atoms with Crippen LogP contribution >= 0.6 is 23.2 Å². The van der Waals surface area contributed by atoms with Gasteiger partial charge >= 0.3 is 5.91 Å². The first-order valence-corrected chi connectivity index (χ1v) is 9.32. The topological polar surface area (TPSA) is 73.1 Å². The summed E-state index contributed by atoms with van der Waals surface area (Å²) in [5.74, 6) is 2.96. The Labute approximate surface area is 177 Å². The number of furan rings is 1. The second-order valence-electron chi connectivity index (χ2n) is 5.75. The maximum Gasteiger partial charge on any atom is 0.307 e. The molecule has 6 nitrogen and oxygen atoms in total. The summed E-state index contributed by atoms with van der Waals surface area (Å²) in [5, 5.41) is 5.23. The Morgan fingerprint density at radius 3 is 2.69 bits per heavy atom. The molecule has 0 bridgehead atoms. The van der Waals surface area contributed by atoms with Crippen LogP contribution in [-0.4, -0.2) is 25.3 Å². The zero-order chi connectivity index (χ0) is 20.8. The molecule has 3 rings (SSSR count). The van der Waals surface area contributed by atoms with Crippen LogP contribution in [0.2, 0.25) is 10.0 Å². The van der Waals surface area contributed by atoms with Gasteiger partial charge in [-0.05, 0) is 48.9 Å². The number of amides is 1. The van der Waals surface area contributed by atoms with Crippen molar-refractivity contribution >= 4 is 46.3 Å².